The highest BCUT2D eigenvalue weighted by Gasteiger charge is 2.22. The normalized spacial score (nSPS) is 18.7. The van der Waals surface area contributed by atoms with Gasteiger partial charge in [0.1, 0.15) is 11.3 Å². The van der Waals surface area contributed by atoms with Gasteiger partial charge in [-0.2, -0.15) is 0 Å². The highest BCUT2D eigenvalue weighted by atomic mass is 16.3. The van der Waals surface area contributed by atoms with Crippen molar-refractivity contribution < 1.29 is 5.11 Å². The number of fused-ring (bicyclic) bond motifs is 1. The first-order valence-electron chi connectivity index (χ1n) is 11.2. The fourth-order valence-corrected chi connectivity index (χ4v) is 4.65. The van der Waals surface area contributed by atoms with Crippen LogP contribution in [0.1, 0.15) is 25.1 Å². The maximum absolute atomic E-state index is 12.4. The largest absolute Gasteiger partial charge is 0.390 e. The van der Waals surface area contributed by atoms with Crippen molar-refractivity contribution in [3.63, 3.8) is 0 Å². The Kier molecular flexibility index (Phi) is 5.47. The van der Waals surface area contributed by atoms with Crippen LogP contribution in [0.2, 0.25) is 0 Å². The van der Waals surface area contributed by atoms with Gasteiger partial charge in [0.05, 0.1) is 12.3 Å². The van der Waals surface area contributed by atoms with Crippen molar-refractivity contribution in [3.8, 4) is 22.5 Å². The Balaban J connectivity index is 1.43. The van der Waals surface area contributed by atoms with Crippen LogP contribution in [0.5, 0.6) is 0 Å². The standard InChI is InChI=1S/C25H28N6O2/c1-15-10-23(30-12-16(2)27-17(3)13-30)26-11-21(15)18-4-6-19(7-5-18)24-28-25(33)22-9-8-20(14-32)31(22)29-24/h4-11,16-17,27,32H,12-14H2,1-3H3,(H,28,29,33)/t16-,17+. The van der Waals surface area contributed by atoms with E-state index in [-0.39, 0.29) is 12.2 Å². The van der Waals surface area contributed by atoms with E-state index in [2.05, 4.69) is 47.1 Å². The van der Waals surface area contributed by atoms with Crippen LogP contribution >= 0.6 is 0 Å². The average Bonchev–Trinajstić information content (AvgIpc) is 3.22. The van der Waals surface area contributed by atoms with Crippen molar-refractivity contribution in [3.05, 3.63) is 70.3 Å². The van der Waals surface area contributed by atoms with Crippen molar-refractivity contribution in [2.75, 3.05) is 18.0 Å². The van der Waals surface area contributed by atoms with E-state index >= 15 is 0 Å². The Morgan fingerprint density at radius 1 is 1.06 bits per heavy atom. The van der Waals surface area contributed by atoms with Gasteiger partial charge in [-0.1, -0.05) is 24.3 Å². The number of hydrogen-bond acceptors (Lipinski definition) is 6. The van der Waals surface area contributed by atoms with Crippen LogP contribution in [0.25, 0.3) is 28.0 Å². The minimum atomic E-state index is -0.240. The number of aryl methyl sites for hydroxylation is 1. The average molecular weight is 445 g/mol. The van der Waals surface area contributed by atoms with E-state index in [4.69, 9.17) is 4.98 Å². The number of aromatic amines is 1. The van der Waals surface area contributed by atoms with E-state index in [1.54, 1.807) is 12.1 Å². The van der Waals surface area contributed by atoms with Crippen LogP contribution in [0.3, 0.4) is 0 Å². The molecule has 3 aromatic heterocycles. The number of piperazine rings is 1. The minimum absolute atomic E-state index is 0.183. The molecule has 5 rings (SSSR count). The molecular weight excluding hydrogens is 416 g/mol. The molecule has 1 aromatic carbocycles. The van der Waals surface area contributed by atoms with Gasteiger partial charge in [-0.3, -0.25) is 4.79 Å². The van der Waals surface area contributed by atoms with Gasteiger partial charge in [-0.05, 0) is 50.1 Å². The van der Waals surface area contributed by atoms with Gasteiger partial charge in [0.15, 0.2) is 5.82 Å². The Morgan fingerprint density at radius 3 is 2.42 bits per heavy atom. The predicted molar refractivity (Wildman–Crippen MR) is 129 cm³/mol. The number of nitrogens with one attached hydrogen (secondary N) is 2. The number of benzene rings is 1. The molecule has 1 aliphatic rings. The molecule has 2 atom stereocenters. The van der Waals surface area contributed by atoms with E-state index in [9.17, 15) is 9.90 Å². The number of aromatic nitrogens is 4. The van der Waals surface area contributed by atoms with Crippen molar-refractivity contribution >= 4 is 11.3 Å². The Labute approximate surface area is 191 Å². The number of hydrogen-bond donors (Lipinski definition) is 3. The number of rotatable bonds is 4. The summed E-state index contributed by atoms with van der Waals surface area (Å²) in [5.74, 6) is 1.46. The monoisotopic (exact) mass is 444 g/mol. The molecule has 0 aliphatic carbocycles. The molecule has 8 heteroatoms. The summed E-state index contributed by atoms with van der Waals surface area (Å²) in [4.78, 5) is 22.4. The van der Waals surface area contributed by atoms with Crippen molar-refractivity contribution in [2.45, 2.75) is 39.5 Å². The van der Waals surface area contributed by atoms with Gasteiger partial charge in [0.25, 0.3) is 5.56 Å². The molecule has 3 N–H and O–H groups in total. The summed E-state index contributed by atoms with van der Waals surface area (Å²) in [6.45, 7) is 8.22. The molecular formula is C25H28N6O2. The van der Waals surface area contributed by atoms with Crippen LogP contribution in [0.4, 0.5) is 5.82 Å². The molecule has 0 radical (unpaired) electrons. The van der Waals surface area contributed by atoms with Gasteiger partial charge in [0, 0.05) is 42.5 Å². The van der Waals surface area contributed by atoms with Crippen LogP contribution in [0, 0.1) is 6.92 Å². The molecule has 1 fully saturated rings. The maximum Gasteiger partial charge on any atom is 0.275 e. The summed E-state index contributed by atoms with van der Waals surface area (Å²) in [6.07, 6.45) is 1.94. The van der Waals surface area contributed by atoms with Gasteiger partial charge in [0.2, 0.25) is 0 Å². The van der Waals surface area contributed by atoms with Crippen LogP contribution in [-0.4, -0.2) is 49.9 Å². The zero-order valence-electron chi connectivity index (χ0n) is 19.0. The van der Waals surface area contributed by atoms with E-state index in [1.165, 1.54) is 10.1 Å². The van der Waals surface area contributed by atoms with Crippen molar-refractivity contribution in [1.29, 1.82) is 0 Å². The van der Waals surface area contributed by atoms with Gasteiger partial charge in [-0.25, -0.2) is 9.50 Å². The highest BCUT2D eigenvalue weighted by molar-refractivity contribution is 5.71. The van der Waals surface area contributed by atoms with Crippen LogP contribution in [-0.2, 0) is 6.61 Å². The lowest BCUT2D eigenvalue weighted by Crippen LogP contribution is -2.54. The van der Waals surface area contributed by atoms with Gasteiger partial charge >= 0.3 is 0 Å². The molecule has 0 saturated carbocycles. The van der Waals surface area contributed by atoms with Crippen LogP contribution < -0.4 is 15.8 Å². The first-order valence-corrected chi connectivity index (χ1v) is 11.2. The molecule has 0 bridgehead atoms. The smallest absolute Gasteiger partial charge is 0.275 e. The fourth-order valence-electron chi connectivity index (χ4n) is 4.65. The van der Waals surface area contributed by atoms with Crippen molar-refractivity contribution in [2.24, 2.45) is 0 Å². The fraction of sp³-hybridized carbons (Fsp3) is 0.320. The summed E-state index contributed by atoms with van der Waals surface area (Å²) in [6, 6.07) is 14.3. The lowest BCUT2D eigenvalue weighted by molar-refractivity contribution is 0.274. The third-order valence-corrected chi connectivity index (χ3v) is 6.21. The molecule has 4 aromatic rings. The van der Waals surface area contributed by atoms with Gasteiger partial charge < -0.3 is 20.3 Å². The summed E-state index contributed by atoms with van der Waals surface area (Å²) >= 11 is 0. The molecule has 1 aliphatic heterocycles. The minimum Gasteiger partial charge on any atom is -0.390 e. The van der Waals surface area contributed by atoms with E-state index < -0.39 is 0 Å². The maximum atomic E-state index is 12.4. The Morgan fingerprint density at radius 2 is 1.76 bits per heavy atom. The number of anilines is 1. The van der Waals surface area contributed by atoms with Gasteiger partial charge in [-0.15, -0.1) is 5.10 Å². The molecule has 33 heavy (non-hydrogen) atoms. The first-order chi connectivity index (χ1) is 15.9. The Hall–Kier alpha value is -3.49. The van der Waals surface area contributed by atoms with Crippen LogP contribution in [0.15, 0.2) is 53.5 Å². The number of pyridine rings is 1. The quantitative estimate of drug-likeness (QED) is 0.448. The second kappa shape index (κ2) is 8.46. The third kappa shape index (κ3) is 4.03. The van der Waals surface area contributed by atoms with E-state index in [0.29, 0.717) is 29.1 Å². The molecule has 0 spiro atoms. The zero-order chi connectivity index (χ0) is 23.1. The molecule has 170 valence electrons. The Bertz CT molecular complexity index is 1350. The zero-order valence-corrected chi connectivity index (χ0v) is 19.0. The third-order valence-electron chi connectivity index (χ3n) is 6.21. The molecule has 1 saturated heterocycles. The summed E-state index contributed by atoms with van der Waals surface area (Å²) in [5.41, 5.74) is 4.83. The SMILES string of the molecule is Cc1cc(N2C[C@@H](C)N[C@@H](C)C2)ncc1-c1ccc(-c2nn3c(CO)ccc3c(=O)[nH]2)cc1. The number of H-pyrrole nitrogens is 1. The summed E-state index contributed by atoms with van der Waals surface area (Å²) in [5, 5.41) is 17.6. The van der Waals surface area contributed by atoms with E-state index in [0.717, 1.165) is 35.6 Å². The predicted octanol–water partition coefficient (Wildman–Crippen LogP) is 2.74. The topological polar surface area (TPSA) is 98.5 Å². The second-order valence-electron chi connectivity index (χ2n) is 8.89. The summed E-state index contributed by atoms with van der Waals surface area (Å²) in [7, 11) is 0. The number of aliphatic hydroxyl groups excluding tert-OH is 1. The molecule has 4 heterocycles. The molecule has 8 nitrogen and oxygen atoms in total. The number of nitrogens with zero attached hydrogens (tertiary/aromatic N) is 4. The van der Waals surface area contributed by atoms with E-state index in [1.807, 2.05) is 30.5 Å². The lowest BCUT2D eigenvalue weighted by atomic mass is 10.0. The second-order valence-corrected chi connectivity index (χ2v) is 8.89. The number of aliphatic hydroxyl groups is 1. The molecule has 0 unspecified atom stereocenters. The highest BCUT2D eigenvalue weighted by Crippen LogP contribution is 2.28. The lowest BCUT2D eigenvalue weighted by Gasteiger charge is -2.37. The molecule has 0 amide bonds. The van der Waals surface area contributed by atoms with Crippen molar-refractivity contribution in [1.82, 2.24) is 24.9 Å². The summed E-state index contributed by atoms with van der Waals surface area (Å²) < 4.78 is 1.49. The first kappa shape index (κ1) is 21.4.